The lowest BCUT2D eigenvalue weighted by Gasteiger charge is -2.05. The van der Waals surface area contributed by atoms with E-state index < -0.39 is 10.1 Å². The first kappa shape index (κ1) is 16.6. The molecule has 0 aliphatic rings. The Hall–Kier alpha value is -2.26. The first-order valence-electron chi connectivity index (χ1n) is 7.01. The molecular formula is C15H14N2O5S2. The first-order valence-corrected chi connectivity index (χ1v) is 9.58. The molecule has 0 aliphatic carbocycles. The van der Waals surface area contributed by atoms with Crippen molar-refractivity contribution in [1.29, 1.82) is 0 Å². The minimum atomic E-state index is -3.67. The average Bonchev–Trinajstić information content (AvgIpc) is 3.16. The molecule has 0 bridgehead atoms. The van der Waals surface area contributed by atoms with Crippen LogP contribution >= 0.6 is 11.8 Å². The van der Waals surface area contributed by atoms with Crippen molar-refractivity contribution in [3.05, 3.63) is 48.4 Å². The minimum Gasteiger partial charge on any atom is -0.469 e. The molecule has 0 atom stereocenters. The SMILES string of the molecule is Cc1occc1-c1nnc(SCCS(=O)(=O)Oc2ccccc2)o1. The van der Waals surface area contributed by atoms with Crippen LogP contribution in [0.2, 0.25) is 0 Å². The second-order valence-corrected chi connectivity index (χ2v) is 7.51. The molecular weight excluding hydrogens is 352 g/mol. The Labute approximate surface area is 143 Å². The van der Waals surface area contributed by atoms with Crippen LogP contribution < -0.4 is 4.18 Å². The summed E-state index contributed by atoms with van der Waals surface area (Å²) in [5.41, 5.74) is 0.717. The molecule has 9 heteroatoms. The van der Waals surface area contributed by atoms with Gasteiger partial charge >= 0.3 is 10.1 Å². The van der Waals surface area contributed by atoms with Gasteiger partial charge in [-0.2, -0.15) is 8.42 Å². The van der Waals surface area contributed by atoms with Gasteiger partial charge in [-0.25, -0.2) is 0 Å². The van der Waals surface area contributed by atoms with Gasteiger partial charge in [-0.1, -0.05) is 30.0 Å². The highest BCUT2D eigenvalue weighted by Gasteiger charge is 2.16. The lowest BCUT2D eigenvalue weighted by molar-refractivity contribution is 0.463. The fourth-order valence-electron chi connectivity index (χ4n) is 1.88. The lowest BCUT2D eigenvalue weighted by atomic mass is 10.3. The maximum Gasteiger partial charge on any atom is 0.310 e. The molecule has 3 aromatic rings. The number of para-hydroxylation sites is 1. The summed E-state index contributed by atoms with van der Waals surface area (Å²) in [5.74, 6) is 1.37. The van der Waals surface area contributed by atoms with Crippen molar-refractivity contribution < 1.29 is 21.4 Å². The molecule has 24 heavy (non-hydrogen) atoms. The van der Waals surface area contributed by atoms with E-state index in [1.807, 2.05) is 0 Å². The fraction of sp³-hybridized carbons (Fsp3) is 0.200. The van der Waals surface area contributed by atoms with Crippen LogP contribution in [0.1, 0.15) is 5.76 Å². The largest absolute Gasteiger partial charge is 0.469 e. The van der Waals surface area contributed by atoms with Gasteiger partial charge in [0.2, 0.25) is 0 Å². The van der Waals surface area contributed by atoms with E-state index in [1.54, 1.807) is 43.3 Å². The maximum absolute atomic E-state index is 11.9. The Morgan fingerprint density at radius 3 is 2.67 bits per heavy atom. The molecule has 0 aliphatic heterocycles. The average molecular weight is 366 g/mol. The summed E-state index contributed by atoms with van der Waals surface area (Å²) in [5, 5.41) is 8.10. The normalized spacial score (nSPS) is 11.5. The monoisotopic (exact) mass is 366 g/mol. The second kappa shape index (κ2) is 7.10. The highest BCUT2D eigenvalue weighted by molar-refractivity contribution is 8.00. The van der Waals surface area contributed by atoms with Crippen LogP contribution in [0, 0.1) is 6.92 Å². The molecule has 0 radical (unpaired) electrons. The van der Waals surface area contributed by atoms with Gasteiger partial charge in [0, 0.05) is 5.75 Å². The Morgan fingerprint density at radius 1 is 1.17 bits per heavy atom. The quantitative estimate of drug-likeness (QED) is 0.465. The topological polar surface area (TPSA) is 95.4 Å². The highest BCUT2D eigenvalue weighted by atomic mass is 32.2. The van der Waals surface area contributed by atoms with Crippen LogP contribution in [-0.4, -0.2) is 30.1 Å². The number of benzene rings is 1. The fourth-order valence-corrected chi connectivity index (χ4v) is 3.93. The molecule has 1 aromatic carbocycles. The maximum atomic E-state index is 11.9. The molecule has 0 unspecified atom stereocenters. The van der Waals surface area contributed by atoms with Crippen molar-refractivity contribution in [1.82, 2.24) is 10.2 Å². The summed E-state index contributed by atoms with van der Waals surface area (Å²) in [6.07, 6.45) is 1.54. The summed E-state index contributed by atoms with van der Waals surface area (Å²) in [6, 6.07) is 10.1. The van der Waals surface area contributed by atoms with Gasteiger partial charge in [-0.15, -0.1) is 10.2 Å². The molecule has 0 amide bonds. The summed E-state index contributed by atoms with van der Waals surface area (Å²) in [4.78, 5) is 0. The predicted octanol–water partition coefficient (Wildman–Crippen LogP) is 3.14. The Bertz CT molecular complexity index is 903. The standard InChI is InChI=1S/C15H14N2O5S2/c1-11-13(7-8-20-11)14-16-17-15(21-14)23-9-10-24(18,19)22-12-5-3-2-4-6-12/h2-8H,9-10H2,1H3. The van der Waals surface area contributed by atoms with E-state index in [-0.39, 0.29) is 17.3 Å². The molecule has 0 saturated carbocycles. The van der Waals surface area contributed by atoms with Crippen LogP contribution in [0.15, 0.2) is 56.7 Å². The number of hydrogen-bond donors (Lipinski definition) is 0. The van der Waals surface area contributed by atoms with Crippen molar-refractivity contribution in [2.45, 2.75) is 12.1 Å². The van der Waals surface area contributed by atoms with Crippen LogP contribution in [0.5, 0.6) is 5.75 Å². The number of rotatable bonds is 7. The zero-order chi connectivity index (χ0) is 17.0. The molecule has 0 saturated heterocycles. The van der Waals surface area contributed by atoms with E-state index in [0.29, 0.717) is 16.9 Å². The van der Waals surface area contributed by atoms with Crippen molar-refractivity contribution in [2.75, 3.05) is 11.5 Å². The molecule has 0 spiro atoms. The zero-order valence-corrected chi connectivity index (χ0v) is 14.3. The van der Waals surface area contributed by atoms with Gasteiger partial charge in [0.25, 0.3) is 11.1 Å². The van der Waals surface area contributed by atoms with Crippen LogP contribution in [0.3, 0.4) is 0 Å². The highest BCUT2D eigenvalue weighted by Crippen LogP contribution is 2.26. The van der Waals surface area contributed by atoms with E-state index in [4.69, 9.17) is 13.0 Å². The van der Waals surface area contributed by atoms with Crippen LogP contribution in [0.25, 0.3) is 11.5 Å². The van der Waals surface area contributed by atoms with E-state index in [0.717, 1.165) is 17.3 Å². The third-order valence-electron chi connectivity index (χ3n) is 3.02. The van der Waals surface area contributed by atoms with E-state index in [1.165, 1.54) is 6.26 Å². The molecule has 126 valence electrons. The van der Waals surface area contributed by atoms with Crippen LogP contribution in [-0.2, 0) is 10.1 Å². The predicted molar refractivity (Wildman–Crippen MR) is 88.3 cm³/mol. The number of aryl methyl sites for hydroxylation is 1. The summed E-state index contributed by atoms with van der Waals surface area (Å²) in [7, 11) is -3.67. The molecule has 0 N–H and O–H groups in total. The first-order chi connectivity index (χ1) is 11.5. The van der Waals surface area contributed by atoms with Gasteiger partial charge in [0.1, 0.15) is 11.5 Å². The van der Waals surface area contributed by atoms with Crippen molar-refractivity contribution in [3.63, 3.8) is 0 Å². The second-order valence-electron chi connectivity index (χ2n) is 4.77. The zero-order valence-electron chi connectivity index (χ0n) is 12.7. The third-order valence-corrected chi connectivity index (χ3v) is 5.25. The number of aromatic nitrogens is 2. The molecule has 3 rings (SSSR count). The minimum absolute atomic E-state index is 0.172. The van der Waals surface area contributed by atoms with Gasteiger partial charge in [-0.05, 0) is 25.1 Å². The third kappa shape index (κ3) is 4.18. The van der Waals surface area contributed by atoms with Gasteiger partial charge in [0.15, 0.2) is 0 Å². The summed E-state index contributed by atoms with van der Waals surface area (Å²) < 4.78 is 39.5. The number of hydrogen-bond acceptors (Lipinski definition) is 8. The smallest absolute Gasteiger partial charge is 0.310 e. The van der Waals surface area contributed by atoms with Crippen LogP contribution in [0.4, 0.5) is 0 Å². The lowest BCUT2D eigenvalue weighted by Crippen LogP contribution is -2.15. The van der Waals surface area contributed by atoms with E-state index in [2.05, 4.69) is 10.2 Å². The molecule has 7 nitrogen and oxygen atoms in total. The Kier molecular flexibility index (Phi) is 4.91. The molecule has 2 heterocycles. The van der Waals surface area contributed by atoms with Crippen molar-refractivity contribution in [3.8, 4) is 17.2 Å². The number of furan rings is 1. The van der Waals surface area contributed by atoms with Crippen molar-refractivity contribution >= 4 is 21.9 Å². The van der Waals surface area contributed by atoms with E-state index >= 15 is 0 Å². The number of nitrogens with zero attached hydrogens (tertiary/aromatic N) is 2. The summed E-state index contributed by atoms with van der Waals surface area (Å²) >= 11 is 1.15. The van der Waals surface area contributed by atoms with E-state index in [9.17, 15) is 8.42 Å². The molecule has 2 aromatic heterocycles. The number of thioether (sulfide) groups is 1. The Balaban J connectivity index is 1.55. The van der Waals surface area contributed by atoms with Crippen molar-refractivity contribution in [2.24, 2.45) is 0 Å². The van der Waals surface area contributed by atoms with Gasteiger partial charge < -0.3 is 13.0 Å². The van der Waals surface area contributed by atoms with Gasteiger partial charge in [0.05, 0.1) is 17.6 Å². The summed E-state index contributed by atoms with van der Waals surface area (Å²) in [6.45, 7) is 1.79. The van der Waals surface area contributed by atoms with Gasteiger partial charge in [-0.3, -0.25) is 0 Å². The Morgan fingerprint density at radius 2 is 1.96 bits per heavy atom. The molecule has 0 fully saturated rings.